The monoisotopic (exact) mass is 270 g/mol. The van der Waals surface area contributed by atoms with Crippen LogP contribution in [-0.4, -0.2) is 27.8 Å². The molecule has 5 nitrogen and oxygen atoms in total. The van der Waals surface area contributed by atoms with Crippen LogP contribution < -0.4 is 5.32 Å². The molecule has 0 radical (unpaired) electrons. The summed E-state index contributed by atoms with van der Waals surface area (Å²) in [6.07, 6.45) is 2.88. The third-order valence-electron chi connectivity index (χ3n) is 2.76. The molecule has 96 valence electrons. The van der Waals surface area contributed by atoms with Gasteiger partial charge in [0.15, 0.2) is 0 Å². The SMILES string of the molecule is Cl.F[C@@H]1CN[C@@H](c2nc(-c3ccncc3)no2)C1. The molecule has 2 aromatic heterocycles. The first-order valence-electron chi connectivity index (χ1n) is 5.44. The van der Waals surface area contributed by atoms with E-state index in [0.717, 1.165) is 5.56 Å². The molecule has 1 N–H and O–H groups in total. The Balaban J connectivity index is 0.00000120. The minimum atomic E-state index is -0.837. The van der Waals surface area contributed by atoms with Crippen LogP contribution in [0.1, 0.15) is 18.4 Å². The maximum absolute atomic E-state index is 13.0. The smallest absolute Gasteiger partial charge is 0.244 e. The molecule has 2 atom stereocenters. The molecular formula is C11H12ClFN4O. The van der Waals surface area contributed by atoms with Crippen LogP contribution in [0.15, 0.2) is 29.0 Å². The fourth-order valence-electron chi connectivity index (χ4n) is 1.88. The molecule has 0 amide bonds. The topological polar surface area (TPSA) is 63.8 Å². The fourth-order valence-corrected chi connectivity index (χ4v) is 1.88. The van der Waals surface area contributed by atoms with Crippen LogP contribution in [-0.2, 0) is 0 Å². The molecule has 0 aromatic carbocycles. The van der Waals surface area contributed by atoms with Crippen molar-refractivity contribution in [3.8, 4) is 11.4 Å². The lowest BCUT2D eigenvalue weighted by atomic mass is 10.2. The Hall–Kier alpha value is -1.53. The molecular weight excluding hydrogens is 259 g/mol. The Bertz CT molecular complexity index is 507. The zero-order valence-corrected chi connectivity index (χ0v) is 10.2. The first-order chi connectivity index (χ1) is 8.33. The van der Waals surface area contributed by atoms with Crippen LogP contribution in [0.2, 0.25) is 0 Å². The van der Waals surface area contributed by atoms with E-state index < -0.39 is 6.17 Å². The lowest BCUT2D eigenvalue weighted by molar-refractivity contribution is 0.324. The van der Waals surface area contributed by atoms with Crippen LogP contribution in [0.3, 0.4) is 0 Å². The van der Waals surface area contributed by atoms with Crippen molar-refractivity contribution >= 4 is 12.4 Å². The summed E-state index contributed by atoms with van der Waals surface area (Å²) in [5.74, 6) is 0.948. The van der Waals surface area contributed by atoms with E-state index in [1.54, 1.807) is 24.5 Å². The Labute approximate surface area is 109 Å². The Morgan fingerprint density at radius 1 is 1.33 bits per heavy atom. The molecule has 1 saturated heterocycles. The van der Waals surface area contributed by atoms with E-state index in [2.05, 4.69) is 20.4 Å². The van der Waals surface area contributed by atoms with Crippen molar-refractivity contribution in [2.24, 2.45) is 0 Å². The van der Waals surface area contributed by atoms with Gasteiger partial charge in [0.1, 0.15) is 6.17 Å². The van der Waals surface area contributed by atoms with E-state index in [-0.39, 0.29) is 18.4 Å². The molecule has 0 spiro atoms. The summed E-state index contributed by atoms with van der Waals surface area (Å²) >= 11 is 0. The molecule has 0 aliphatic carbocycles. The summed E-state index contributed by atoms with van der Waals surface area (Å²) in [4.78, 5) is 8.18. The summed E-state index contributed by atoms with van der Waals surface area (Å²) in [6.45, 7) is 0.345. The van der Waals surface area contributed by atoms with Crippen LogP contribution in [0, 0.1) is 0 Å². The molecule has 1 fully saturated rings. The summed E-state index contributed by atoms with van der Waals surface area (Å²) < 4.78 is 18.2. The highest BCUT2D eigenvalue weighted by Crippen LogP contribution is 2.25. The van der Waals surface area contributed by atoms with Gasteiger partial charge >= 0.3 is 0 Å². The molecule has 7 heteroatoms. The van der Waals surface area contributed by atoms with E-state index in [9.17, 15) is 4.39 Å². The third kappa shape index (κ3) is 2.49. The molecule has 0 bridgehead atoms. The second-order valence-electron chi connectivity index (χ2n) is 3.99. The molecule has 0 saturated carbocycles. The van der Waals surface area contributed by atoms with E-state index in [0.29, 0.717) is 24.7 Å². The largest absolute Gasteiger partial charge is 0.337 e. The molecule has 3 heterocycles. The number of alkyl halides is 1. The van der Waals surface area contributed by atoms with Gasteiger partial charge in [-0.15, -0.1) is 12.4 Å². The van der Waals surface area contributed by atoms with Crippen LogP contribution in [0.4, 0.5) is 4.39 Å². The number of rotatable bonds is 2. The summed E-state index contributed by atoms with van der Waals surface area (Å²) in [7, 11) is 0. The Morgan fingerprint density at radius 3 is 2.78 bits per heavy atom. The first kappa shape index (κ1) is 12.9. The maximum Gasteiger partial charge on any atom is 0.244 e. The van der Waals surface area contributed by atoms with Crippen molar-refractivity contribution in [2.45, 2.75) is 18.6 Å². The summed E-state index contributed by atoms with van der Waals surface area (Å²) in [6, 6.07) is 3.43. The minimum Gasteiger partial charge on any atom is -0.337 e. The van der Waals surface area contributed by atoms with E-state index in [4.69, 9.17) is 4.52 Å². The number of nitrogens with zero attached hydrogens (tertiary/aromatic N) is 3. The molecule has 3 rings (SSSR count). The fraction of sp³-hybridized carbons (Fsp3) is 0.364. The molecule has 2 aromatic rings. The number of halogens is 2. The number of hydrogen-bond acceptors (Lipinski definition) is 5. The van der Waals surface area contributed by atoms with Gasteiger partial charge in [-0.25, -0.2) is 4.39 Å². The van der Waals surface area contributed by atoms with Gasteiger partial charge in [-0.05, 0) is 12.1 Å². The second-order valence-corrected chi connectivity index (χ2v) is 3.99. The Morgan fingerprint density at radius 2 is 2.11 bits per heavy atom. The van der Waals surface area contributed by atoms with Crippen molar-refractivity contribution in [3.63, 3.8) is 0 Å². The third-order valence-corrected chi connectivity index (χ3v) is 2.76. The molecule has 1 aliphatic heterocycles. The first-order valence-corrected chi connectivity index (χ1v) is 5.44. The standard InChI is InChI=1S/C11H11FN4O.ClH/c12-8-5-9(14-6-8)11-15-10(16-17-11)7-1-3-13-4-2-7;/h1-4,8-9,14H,5-6H2;1H/t8-,9+;/m0./s1. The van der Waals surface area contributed by atoms with Crippen molar-refractivity contribution in [3.05, 3.63) is 30.4 Å². The zero-order valence-electron chi connectivity index (χ0n) is 9.41. The van der Waals surface area contributed by atoms with Crippen LogP contribution in [0.5, 0.6) is 0 Å². The lowest BCUT2D eigenvalue weighted by Crippen LogP contribution is -2.14. The number of hydrogen-bond donors (Lipinski definition) is 1. The molecule has 1 aliphatic rings. The van der Waals surface area contributed by atoms with Crippen molar-refractivity contribution in [1.82, 2.24) is 20.4 Å². The van der Waals surface area contributed by atoms with Crippen LogP contribution >= 0.6 is 12.4 Å². The average Bonchev–Trinajstić information content (AvgIpc) is 2.98. The maximum atomic E-state index is 13.0. The quantitative estimate of drug-likeness (QED) is 0.903. The number of pyridine rings is 1. The van der Waals surface area contributed by atoms with Crippen molar-refractivity contribution in [1.29, 1.82) is 0 Å². The van der Waals surface area contributed by atoms with Crippen LogP contribution in [0.25, 0.3) is 11.4 Å². The number of aromatic nitrogens is 3. The highest BCUT2D eigenvalue weighted by atomic mass is 35.5. The predicted octanol–water partition coefficient (Wildman–Crippen LogP) is 1.93. The normalized spacial score (nSPS) is 22.7. The number of nitrogens with one attached hydrogen (secondary N) is 1. The minimum absolute atomic E-state index is 0. The van der Waals surface area contributed by atoms with Gasteiger partial charge in [-0.1, -0.05) is 5.16 Å². The summed E-state index contributed by atoms with van der Waals surface area (Å²) in [5, 5.41) is 6.88. The lowest BCUT2D eigenvalue weighted by Gasteiger charge is -2.01. The van der Waals surface area contributed by atoms with Gasteiger partial charge in [0.05, 0.1) is 6.04 Å². The molecule has 18 heavy (non-hydrogen) atoms. The van der Waals surface area contributed by atoms with Gasteiger partial charge in [0.2, 0.25) is 11.7 Å². The van der Waals surface area contributed by atoms with E-state index >= 15 is 0 Å². The average molecular weight is 271 g/mol. The van der Waals surface area contributed by atoms with Gasteiger partial charge in [0.25, 0.3) is 0 Å². The van der Waals surface area contributed by atoms with Crippen molar-refractivity contribution < 1.29 is 8.91 Å². The Kier molecular flexibility index (Phi) is 3.88. The highest BCUT2D eigenvalue weighted by molar-refractivity contribution is 5.85. The van der Waals surface area contributed by atoms with E-state index in [1.165, 1.54) is 0 Å². The van der Waals surface area contributed by atoms with Gasteiger partial charge < -0.3 is 9.84 Å². The van der Waals surface area contributed by atoms with Gasteiger partial charge in [-0.3, -0.25) is 4.98 Å². The zero-order chi connectivity index (χ0) is 11.7. The summed E-state index contributed by atoms with van der Waals surface area (Å²) in [5.41, 5.74) is 0.838. The van der Waals surface area contributed by atoms with Gasteiger partial charge in [0, 0.05) is 30.9 Å². The van der Waals surface area contributed by atoms with Gasteiger partial charge in [-0.2, -0.15) is 4.98 Å². The van der Waals surface area contributed by atoms with Crippen molar-refractivity contribution in [2.75, 3.05) is 6.54 Å². The highest BCUT2D eigenvalue weighted by Gasteiger charge is 2.29. The predicted molar refractivity (Wildman–Crippen MR) is 65.0 cm³/mol. The second kappa shape index (κ2) is 5.41. The van der Waals surface area contributed by atoms with E-state index in [1.807, 2.05) is 0 Å². The molecule has 0 unspecified atom stereocenters.